The van der Waals surface area contributed by atoms with Crippen LogP contribution in [0.4, 0.5) is 0 Å². The molecule has 2 saturated heterocycles. The summed E-state index contributed by atoms with van der Waals surface area (Å²) >= 11 is 10.6. The Morgan fingerprint density at radius 3 is 1.72 bits per heavy atom. The fraction of sp³-hybridized carbons (Fsp3) is 0.810. The van der Waals surface area contributed by atoms with E-state index < -0.39 is 0 Å². The fourth-order valence-corrected chi connectivity index (χ4v) is 3.82. The second-order valence-electron chi connectivity index (χ2n) is 8.19. The first-order valence-corrected chi connectivity index (χ1v) is 12.6. The van der Waals surface area contributed by atoms with Crippen LogP contribution in [0.1, 0.15) is 46.0 Å². The van der Waals surface area contributed by atoms with Gasteiger partial charge in [0.25, 0.3) is 0 Å². The van der Waals surface area contributed by atoms with Gasteiger partial charge in [0.05, 0.1) is 24.6 Å². The Balaban J connectivity index is 1.53. The van der Waals surface area contributed by atoms with Crippen molar-refractivity contribution >= 4 is 46.1 Å². The molecule has 0 aromatic heterocycles. The van der Waals surface area contributed by atoms with Crippen LogP contribution in [0, 0.1) is 0 Å². The van der Waals surface area contributed by atoms with E-state index in [1.54, 1.807) is 0 Å². The maximum atomic E-state index is 5.36. The van der Waals surface area contributed by atoms with E-state index >= 15 is 0 Å². The Morgan fingerprint density at radius 2 is 1.22 bits per heavy atom. The molecule has 2 aliphatic rings. The normalized spacial score (nSPS) is 18.8. The van der Waals surface area contributed by atoms with E-state index in [-0.39, 0.29) is 0 Å². The molecule has 0 amide bonds. The lowest BCUT2D eigenvalue weighted by Crippen LogP contribution is -2.39. The first-order valence-electron chi connectivity index (χ1n) is 11.7. The van der Waals surface area contributed by atoms with E-state index in [2.05, 4.69) is 41.5 Å². The zero-order valence-corrected chi connectivity index (χ0v) is 21.3. The predicted molar refractivity (Wildman–Crippen MR) is 140 cm³/mol. The standard InChI is InChI=1S/C21H40N8OS2/c1-18(24-26-20(31)22-8-6-12-28-10-4-3-5-11-28)19(2)25-27-21(32)23-9-7-13-29-14-16-30-17-15-29/h3-17H2,1-2H3,(H2,22,26,31)(H2,23,27,32)/b24-18+,25-19+. The number of morpholine rings is 1. The quantitative estimate of drug-likeness (QED) is 0.150. The van der Waals surface area contributed by atoms with Gasteiger partial charge >= 0.3 is 0 Å². The largest absolute Gasteiger partial charge is 0.379 e. The second-order valence-corrected chi connectivity index (χ2v) is 9.01. The van der Waals surface area contributed by atoms with E-state index in [4.69, 9.17) is 29.2 Å². The number of thiocarbonyl (C=S) groups is 2. The van der Waals surface area contributed by atoms with E-state index in [0.717, 1.165) is 76.7 Å². The van der Waals surface area contributed by atoms with Crippen LogP contribution in [0.2, 0.25) is 0 Å². The highest BCUT2D eigenvalue weighted by molar-refractivity contribution is 7.80. The third-order valence-corrected chi connectivity index (χ3v) is 6.07. The summed E-state index contributed by atoms with van der Waals surface area (Å²) in [6.45, 7) is 13.7. The summed E-state index contributed by atoms with van der Waals surface area (Å²) in [6.07, 6.45) is 6.12. The van der Waals surface area contributed by atoms with Crippen LogP contribution < -0.4 is 21.5 Å². The van der Waals surface area contributed by atoms with Crippen molar-refractivity contribution in [3.63, 3.8) is 0 Å². The molecule has 11 heteroatoms. The third-order valence-electron chi connectivity index (χ3n) is 5.60. The molecule has 2 rings (SSSR count). The summed E-state index contributed by atoms with van der Waals surface area (Å²) in [5.41, 5.74) is 7.24. The van der Waals surface area contributed by atoms with Crippen LogP contribution in [-0.2, 0) is 4.74 Å². The minimum Gasteiger partial charge on any atom is -0.379 e. The summed E-state index contributed by atoms with van der Waals surface area (Å²) in [5, 5.41) is 16.0. The fourth-order valence-electron chi connectivity index (χ4n) is 3.53. The number of likely N-dealkylation sites (tertiary alicyclic amines) is 1. The van der Waals surface area contributed by atoms with Crippen molar-refractivity contribution in [3.8, 4) is 0 Å². The second kappa shape index (κ2) is 16.2. The molecule has 0 bridgehead atoms. The Labute approximate surface area is 203 Å². The van der Waals surface area contributed by atoms with Gasteiger partial charge in [-0.1, -0.05) is 6.42 Å². The van der Waals surface area contributed by atoms with Gasteiger partial charge in [-0.15, -0.1) is 0 Å². The van der Waals surface area contributed by atoms with Gasteiger partial charge in [0, 0.05) is 26.2 Å². The molecule has 0 aromatic carbocycles. The van der Waals surface area contributed by atoms with Crippen LogP contribution in [0.3, 0.4) is 0 Å². The molecule has 2 aliphatic heterocycles. The summed E-state index contributed by atoms with van der Waals surface area (Å²) in [5.74, 6) is 0. The molecule has 182 valence electrons. The molecule has 0 aliphatic carbocycles. The zero-order chi connectivity index (χ0) is 23.0. The van der Waals surface area contributed by atoms with Crippen molar-refractivity contribution in [1.82, 2.24) is 31.3 Å². The lowest BCUT2D eigenvalue weighted by atomic mass is 10.1. The molecular weight excluding hydrogens is 444 g/mol. The number of ether oxygens (including phenoxy) is 1. The minimum atomic E-state index is 0.512. The molecule has 0 aromatic rings. The Kier molecular flexibility index (Phi) is 13.6. The molecular formula is C21H40N8OS2. The average Bonchev–Trinajstić information content (AvgIpc) is 2.82. The number of rotatable bonds is 11. The van der Waals surface area contributed by atoms with Crippen LogP contribution in [0.15, 0.2) is 10.2 Å². The topological polar surface area (TPSA) is 88.5 Å². The van der Waals surface area contributed by atoms with E-state index in [1.165, 1.54) is 32.4 Å². The van der Waals surface area contributed by atoms with Gasteiger partial charge in [0.2, 0.25) is 0 Å². The summed E-state index contributed by atoms with van der Waals surface area (Å²) in [4.78, 5) is 4.94. The highest BCUT2D eigenvalue weighted by atomic mass is 32.1. The number of nitrogens with one attached hydrogen (secondary N) is 4. The highest BCUT2D eigenvalue weighted by Crippen LogP contribution is 2.08. The summed E-state index contributed by atoms with van der Waals surface area (Å²) in [7, 11) is 0. The highest BCUT2D eigenvalue weighted by Gasteiger charge is 2.10. The number of piperidine rings is 1. The number of hydrogen-bond donors (Lipinski definition) is 4. The maximum absolute atomic E-state index is 5.36. The Bertz CT molecular complexity index is 577. The van der Waals surface area contributed by atoms with Crippen molar-refractivity contribution in [2.24, 2.45) is 10.2 Å². The van der Waals surface area contributed by atoms with Gasteiger partial charge in [-0.2, -0.15) is 10.2 Å². The molecule has 0 radical (unpaired) electrons. The molecule has 0 unspecified atom stereocenters. The van der Waals surface area contributed by atoms with Crippen LogP contribution in [0.25, 0.3) is 0 Å². The van der Waals surface area contributed by atoms with Crippen molar-refractivity contribution < 1.29 is 4.74 Å². The maximum Gasteiger partial charge on any atom is 0.186 e. The van der Waals surface area contributed by atoms with Crippen molar-refractivity contribution in [2.45, 2.75) is 46.0 Å². The molecule has 2 fully saturated rings. The first-order chi connectivity index (χ1) is 15.5. The number of hydrazone groups is 2. The molecule has 2 heterocycles. The van der Waals surface area contributed by atoms with Crippen LogP contribution >= 0.6 is 24.4 Å². The molecule has 0 spiro atoms. The summed E-state index contributed by atoms with van der Waals surface area (Å²) in [6, 6.07) is 0. The smallest absolute Gasteiger partial charge is 0.186 e. The van der Waals surface area contributed by atoms with E-state index in [9.17, 15) is 0 Å². The van der Waals surface area contributed by atoms with Gasteiger partial charge in [-0.25, -0.2) is 0 Å². The lowest BCUT2D eigenvalue weighted by molar-refractivity contribution is 0.0376. The van der Waals surface area contributed by atoms with Crippen molar-refractivity contribution in [1.29, 1.82) is 0 Å². The number of nitrogens with zero attached hydrogens (tertiary/aromatic N) is 4. The molecule has 32 heavy (non-hydrogen) atoms. The monoisotopic (exact) mass is 484 g/mol. The number of hydrogen-bond acceptors (Lipinski definition) is 7. The molecule has 9 nitrogen and oxygen atoms in total. The van der Waals surface area contributed by atoms with E-state index in [0.29, 0.717) is 10.2 Å². The molecule has 0 saturated carbocycles. The van der Waals surface area contributed by atoms with Crippen LogP contribution in [-0.4, -0.2) is 97.0 Å². The SMILES string of the molecule is CC(=N\NC(=S)NCCCN1CCCCC1)/C(C)=N/NC(=S)NCCCN1CCOCC1. The Morgan fingerprint density at radius 1 is 0.750 bits per heavy atom. The average molecular weight is 485 g/mol. The zero-order valence-electron chi connectivity index (χ0n) is 19.6. The predicted octanol–water partition coefficient (Wildman–Crippen LogP) is 1.26. The van der Waals surface area contributed by atoms with Gasteiger partial charge in [0.1, 0.15) is 0 Å². The van der Waals surface area contributed by atoms with Gasteiger partial charge < -0.3 is 20.3 Å². The van der Waals surface area contributed by atoms with Crippen molar-refractivity contribution in [2.75, 3.05) is 65.6 Å². The summed E-state index contributed by atoms with van der Waals surface area (Å²) < 4.78 is 5.36. The van der Waals surface area contributed by atoms with Crippen LogP contribution in [0.5, 0.6) is 0 Å². The minimum absolute atomic E-state index is 0.512. The van der Waals surface area contributed by atoms with Gasteiger partial charge in [-0.3, -0.25) is 15.8 Å². The van der Waals surface area contributed by atoms with E-state index in [1.807, 2.05) is 13.8 Å². The molecule has 4 N–H and O–H groups in total. The first kappa shape index (κ1) is 26.8. The van der Waals surface area contributed by atoms with Gasteiger partial charge in [0.15, 0.2) is 10.2 Å². The molecule has 0 atom stereocenters. The Hall–Kier alpha value is -1.40. The lowest BCUT2D eigenvalue weighted by Gasteiger charge is -2.26. The van der Waals surface area contributed by atoms with Gasteiger partial charge in [-0.05, 0) is 90.1 Å². The third kappa shape index (κ3) is 12.0. The van der Waals surface area contributed by atoms with Crippen molar-refractivity contribution in [3.05, 3.63) is 0 Å².